The van der Waals surface area contributed by atoms with Crippen LogP contribution in [0.15, 0.2) is 23.3 Å². The van der Waals surface area contributed by atoms with Crippen LogP contribution >= 0.6 is 0 Å². The molecule has 9 heteroatoms. The molecule has 2 fully saturated rings. The molecule has 2 atom stereocenters. The van der Waals surface area contributed by atoms with Crippen LogP contribution in [0.25, 0.3) is 0 Å². The van der Waals surface area contributed by atoms with Crippen LogP contribution in [0.5, 0.6) is 0 Å². The Bertz CT molecular complexity index is 776. The molecule has 2 aliphatic rings. The third kappa shape index (κ3) is 2.79. The van der Waals surface area contributed by atoms with Crippen LogP contribution in [0.3, 0.4) is 0 Å². The van der Waals surface area contributed by atoms with Gasteiger partial charge in [-0.15, -0.1) is 0 Å². The molecule has 1 aromatic heterocycles. The van der Waals surface area contributed by atoms with Gasteiger partial charge in [-0.1, -0.05) is 6.92 Å². The maximum atomic E-state index is 12.5. The molecule has 9 nitrogen and oxygen atoms in total. The van der Waals surface area contributed by atoms with E-state index in [9.17, 15) is 24.3 Å². The second-order valence-electron chi connectivity index (χ2n) is 6.58. The maximum absolute atomic E-state index is 12.5. The molecule has 25 heavy (non-hydrogen) atoms. The van der Waals surface area contributed by atoms with E-state index < -0.39 is 23.0 Å². The van der Waals surface area contributed by atoms with Gasteiger partial charge in [-0.25, -0.2) is 9.78 Å². The van der Waals surface area contributed by atoms with Crippen molar-refractivity contribution in [2.24, 2.45) is 11.3 Å². The minimum absolute atomic E-state index is 0.0210. The summed E-state index contributed by atoms with van der Waals surface area (Å²) in [5.41, 5.74) is -1.81. The standard InChI is InChI=1S/C16H20N4O5/c1-2-5-19-9-16(14(23)24)10-20(7-11(16)13(19)22)12(21)8-18-6-3-4-17-15(18)25/h3-4,6,11H,2,5,7-10H2,1H3,(H,23,24)/t11-,16+/m1/s1. The molecule has 0 saturated carbocycles. The summed E-state index contributed by atoms with van der Waals surface area (Å²) in [6.07, 6.45) is 3.54. The molecule has 0 radical (unpaired) electrons. The number of aliphatic carboxylic acids is 1. The lowest BCUT2D eigenvalue weighted by molar-refractivity contribution is -0.150. The zero-order chi connectivity index (χ0) is 18.2. The van der Waals surface area contributed by atoms with Crippen molar-refractivity contribution in [1.82, 2.24) is 19.4 Å². The van der Waals surface area contributed by atoms with Crippen molar-refractivity contribution in [3.05, 3.63) is 28.9 Å². The Kier molecular flexibility index (Phi) is 4.32. The Morgan fingerprint density at radius 1 is 1.36 bits per heavy atom. The highest BCUT2D eigenvalue weighted by atomic mass is 16.4. The summed E-state index contributed by atoms with van der Waals surface area (Å²) in [5.74, 6) is -2.39. The topological polar surface area (TPSA) is 113 Å². The van der Waals surface area contributed by atoms with Crippen molar-refractivity contribution < 1.29 is 19.5 Å². The molecule has 0 bridgehead atoms. The highest BCUT2D eigenvalue weighted by molar-refractivity contribution is 5.94. The first-order chi connectivity index (χ1) is 11.9. The van der Waals surface area contributed by atoms with E-state index in [2.05, 4.69) is 4.98 Å². The fourth-order valence-electron chi connectivity index (χ4n) is 3.71. The number of fused-ring (bicyclic) bond motifs is 1. The van der Waals surface area contributed by atoms with Gasteiger partial charge >= 0.3 is 11.7 Å². The molecule has 0 spiro atoms. The minimum Gasteiger partial charge on any atom is -0.481 e. The molecule has 1 aromatic rings. The number of rotatable bonds is 5. The number of nitrogens with zero attached hydrogens (tertiary/aromatic N) is 4. The van der Waals surface area contributed by atoms with E-state index in [0.29, 0.717) is 6.54 Å². The van der Waals surface area contributed by atoms with E-state index in [0.717, 1.165) is 11.0 Å². The molecule has 0 aromatic carbocycles. The SMILES string of the molecule is CCCN1C[C@]2(C(=O)O)CN(C(=O)Cn3cccnc3=O)C[C@@H]2C1=O. The summed E-state index contributed by atoms with van der Waals surface area (Å²) in [4.78, 5) is 55.1. The van der Waals surface area contributed by atoms with E-state index in [1.807, 2.05) is 6.92 Å². The minimum atomic E-state index is -1.26. The third-order valence-electron chi connectivity index (χ3n) is 4.99. The van der Waals surface area contributed by atoms with E-state index in [1.165, 1.54) is 23.4 Å². The monoisotopic (exact) mass is 348 g/mol. The number of carboxylic acids is 1. The van der Waals surface area contributed by atoms with E-state index >= 15 is 0 Å². The molecule has 0 unspecified atom stereocenters. The molecule has 3 rings (SSSR count). The van der Waals surface area contributed by atoms with Crippen LogP contribution in [-0.2, 0) is 20.9 Å². The number of carboxylic acid groups (broad SMARTS) is 1. The van der Waals surface area contributed by atoms with Crippen LogP contribution in [0.4, 0.5) is 0 Å². The van der Waals surface area contributed by atoms with Crippen molar-refractivity contribution >= 4 is 17.8 Å². The summed E-state index contributed by atoms with van der Waals surface area (Å²) in [5, 5.41) is 9.73. The van der Waals surface area contributed by atoms with Gasteiger partial charge in [0.1, 0.15) is 12.0 Å². The number of hydrogen-bond donors (Lipinski definition) is 1. The fourth-order valence-corrected chi connectivity index (χ4v) is 3.71. The zero-order valence-electron chi connectivity index (χ0n) is 13.9. The number of carbonyl (C=O) groups is 3. The predicted molar refractivity (Wildman–Crippen MR) is 85.5 cm³/mol. The third-order valence-corrected chi connectivity index (χ3v) is 4.99. The first kappa shape index (κ1) is 17.1. The summed E-state index contributed by atoms with van der Waals surface area (Å²) < 4.78 is 1.16. The van der Waals surface area contributed by atoms with Crippen LogP contribution in [0.2, 0.25) is 0 Å². The van der Waals surface area contributed by atoms with Gasteiger partial charge in [-0.2, -0.15) is 0 Å². The average molecular weight is 348 g/mol. The van der Waals surface area contributed by atoms with Gasteiger partial charge in [-0.05, 0) is 12.5 Å². The fraction of sp³-hybridized carbons (Fsp3) is 0.562. The normalized spacial score (nSPS) is 25.3. The highest BCUT2D eigenvalue weighted by Gasteiger charge is 2.62. The van der Waals surface area contributed by atoms with Gasteiger partial charge in [0.05, 0.1) is 5.92 Å². The first-order valence-corrected chi connectivity index (χ1v) is 8.20. The quantitative estimate of drug-likeness (QED) is 0.732. The predicted octanol–water partition coefficient (Wildman–Crippen LogP) is -0.975. The molecule has 2 saturated heterocycles. The lowest BCUT2D eigenvalue weighted by Crippen LogP contribution is -2.43. The number of aromatic nitrogens is 2. The van der Waals surface area contributed by atoms with Crippen molar-refractivity contribution in [2.45, 2.75) is 19.9 Å². The Labute approximate surface area is 143 Å². The summed E-state index contributed by atoms with van der Waals surface area (Å²) in [7, 11) is 0. The van der Waals surface area contributed by atoms with Gasteiger partial charge in [0.15, 0.2) is 0 Å². The summed E-state index contributed by atoms with van der Waals surface area (Å²) in [6, 6.07) is 1.54. The highest BCUT2D eigenvalue weighted by Crippen LogP contribution is 2.43. The molecule has 2 amide bonds. The molecule has 0 aliphatic carbocycles. The molecular weight excluding hydrogens is 328 g/mol. The van der Waals surface area contributed by atoms with Gasteiger partial charge in [0.2, 0.25) is 11.8 Å². The maximum Gasteiger partial charge on any atom is 0.347 e. The number of amides is 2. The Hall–Kier alpha value is -2.71. The molecule has 134 valence electrons. The lowest BCUT2D eigenvalue weighted by Gasteiger charge is -2.25. The van der Waals surface area contributed by atoms with E-state index in [1.54, 1.807) is 4.90 Å². The van der Waals surface area contributed by atoms with Crippen LogP contribution in [-0.4, -0.2) is 68.4 Å². The van der Waals surface area contributed by atoms with Crippen molar-refractivity contribution in [3.8, 4) is 0 Å². The summed E-state index contributed by atoms with van der Waals surface area (Å²) >= 11 is 0. The van der Waals surface area contributed by atoms with Crippen molar-refractivity contribution in [1.29, 1.82) is 0 Å². The molecular formula is C16H20N4O5. The van der Waals surface area contributed by atoms with Crippen LogP contribution in [0, 0.1) is 11.3 Å². The van der Waals surface area contributed by atoms with E-state index in [4.69, 9.17) is 0 Å². The number of hydrogen-bond acceptors (Lipinski definition) is 5. The first-order valence-electron chi connectivity index (χ1n) is 8.20. The Balaban J connectivity index is 1.79. The second kappa shape index (κ2) is 6.30. The van der Waals surface area contributed by atoms with Gasteiger partial charge in [0.25, 0.3) is 0 Å². The molecule has 3 heterocycles. The van der Waals surface area contributed by atoms with Gasteiger partial charge in [0, 0.05) is 38.6 Å². The van der Waals surface area contributed by atoms with Crippen molar-refractivity contribution in [3.63, 3.8) is 0 Å². The van der Waals surface area contributed by atoms with Gasteiger partial charge in [-0.3, -0.25) is 19.0 Å². The average Bonchev–Trinajstić information content (AvgIpc) is 3.07. The summed E-state index contributed by atoms with van der Waals surface area (Å²) in [6.45, 7) is 2.39. The molecule has 1 N–H and O–H groups in total. The smallest absolute Gasteiger partial charge is 0.347 e. The van der Waals surface area contributed by atoms with E-state index in [-0.39, 0.29) is 38.0 Å². The largest absolute Gasteiger partial charge is 0.481 e. The Morgan fingerprint density at radius 2 is 2.12 bits per heavy atom. The number of carbonyl (C=O) groups excluding carboxylic acids is 2. The molecule has 2 aliphatic heterocycles. The second-order valence-corrected chi connectivity index (χ2v) is 6.58. The van der Waals surface area contributed by atoms with Crippen molar-refractivity contribution in [2.75, 3.05) is 26.2 Å². The van der Waals surface area contributed by atoms with Crippen LogP contribution in [0.1, 0.15) is 13.3 Å². The lowest BCUT2D eigenvalue weighted by atomic mass is 9.81. The van der Waals surface area contributed by atoms with Gasteiger partial charge < -0.3 is 14.9 Å². The Morgan fingerprint density at radius 3 is 2.72 bits per heavy atom. The van der Waals surface area contributed by atoms with Crippen LogP contribution < -0.4 is 5.69 Å². The zero-order valence-corrected chi connectivity index (χ0v) is 13.9. The number of likely N-dealkylation sites (tertiary alicyclic amines) is 2.